The number of aryl methyl sites for hydroxylation is 1. The smallest absolute Gasteiger partial charge is 0.303 e. The lowest BCUT2D eigenvalue weighted by atomic mass is 9.83. The van der Waals surface area contributed by atoms with Gasteiger partial charge in [0.05, 0.1) is 12.0 Å². The molecule has 78 valence electrons. The zero-order valence-electron chi connectivity index (χ0n) is 8.79. The molecule has 1 rings (SSSR count). The largest absolute Gasteiger partial charge is 0.481 e. The first-order chi connectivity index (χ1) is 6.43. The molecule has 0 bridgehead atoms. The second-order valence-electron chi connectivity index (χ2n) is 4.15. The van der Waals surface area contributed by atoms with E-state index in [9.17, 15) is 4.79 Å². The molecule has 0 aliphatic heterocycles. The maximum atomic E-state index is 10.5. The number of rotatable bonds is 4. The van der Waals surface area contributed by atoms with Crippen molar-refractivity contribution in [2.24, 2.45) is 0 Å². The van der Waals surface area contributed by atoms with E-state index in [0.29, 0.717) is 6.42 Å². The third-order valence-electron chi connectivity index (χ3n) is 2.43. The number of nitrogens with one attached hydrogen (secondary N) is 1. The number of carbonyl (C=O) groups is 1. The fraction of sp³-hybridized carbons (Fsp3) is 0.600. The van der Waals surface area contributed by atoms with E-state index in [4.69, 9.17) is 5.11 Å². The highest BCUT2D eigenvalue weighted by atomic mass is 16.4. The molecular formula is C10H16N2O2. The molecule has 1 aromatic heterocycles. The first kappa shape index (κ1) is 10.8. The minimum atomic E-state index is -0.758. The highest BCUT2D eigenvalue weighted by molar-refractivity contribution is 5.66. The van der Waals surface area contributed by atoms with E-state index in [2.05, 4.69) is 9.97 Å². The van der Waals surface area contributed by atoms with Crippen molar-refractivity contribution in [2.45, 2.75) is 39.0 Å². The molecule has 0 saturated heterocycles. The Kier molecular flexibility index (Phi) is 2.93. The van der Waals surface area contributed by atoms with E-state index >= 15 is 0 Å². The molecule has 0 spiro atoms. The van der Waals surface area contributed by atoms with Crippen LogP contribution in [0.3, 0.4) is 0 Å². The molecule has 4 heteroatoms. The summed E-state index contributed by atoms with van der Waals surface area (Å²) in [5.41, 5.74) is 1.79. The molecule has 0 radical (unpaired) electrons. The van der Waals surface area contributed by atoms with Crippen molar-refractivity contribution in [1.82, 2.24) is 9.97 Å². The molecule has 0 saturated carbocycles. The first-order valence-electron chi connectivity index (χ1n) is 4.66. The third-order valence-corrected chi connectivity index (χ3v) is 2.43. The lowest BCUT2D eigenvalue weighted by molar-refractivity contribution is -0.137. The van der Waals surface area contributed by atoms with Gasteiger partial charge in [-0.2, -0.15) is 0 Å². The Hall–Kier alpha value is -1.32. The van der Waals surface area contributed by atoms with E-state index in [0.717, 1.165) is 11.4 Å². The number of H-pyrrole nitrogens is 1. The van der Waals surface area contributed by atoms with Crippen LogP contribution >= 0.6 is 0 Å². The van der Waals surface area contributed by atoms with Gasteiger partial charge in [-0.3, -0.25) is 4.79 Å². The monoisotopic (exact) mass is 196 g/mol. The standard InChI is InChI=1S/C10H16N2O2/c1-7-9(12-6-11-7)10(2,3)5-4-8(13)14/h6H,4-5H2,1-3H3,(H,11,12)(H,13,14). The Labute approximate surface area is 83.4 Å². The van der Waals surface area contributed by atoms with Crippen molar-refractivity contribution >= 4 is 5.97 Å². The van der Waals surface area contributed by atoms with E-state index in [1.54, 1.807) is 6.33 Å². The summed E-state index contributed by atoms with van der Waals surface area (Å²) in [5, 5.41) is 8.62. The van der Waals surface area contributed by atoms with Crippen molar-refractivity contribution in [3.05, 3.63) is 17.7 Å². The summed E-state index contributed by atoms with van der Waals surface area (Å²) < 4.78 is 0. The molecule has 4 nitrogen and oxygen atoms in total. The molecule has 0 fully saturated rings. The average molecular weight is 196 g/mol. The summed E-state index contributed by atoms with van der Waals surface area (Å²) in [5.74, 6) is -0.758. The quantitative estimate of drug-likeness (QED) is 0.772. The number of imidazole rings is 1. The maximum Gasteiger partial charge on any atom is 0.303 e. The lowest BCUT2D eigenvalue weighted by Gasteiger charge is -2.22. The number of aliphatic carboxylic acids is 1. The number of aromatic amines is 1. The van der Waals surface area contributed by atoms with Crippen LogP contribution in [0, 0.1) is 6.92 Å². The fourth-order valence-electron chi connectivity index (χ4n) is 1.58. The van der Waals surface area contributed by atoms with Crippen LogP contribution in [0.5, 0.6) is 0 Å². The van der Waals surface area contributed by atoms with Gasteiger partial charge in [0.2, 0.25) is 0 Å². The van der Waals surface area contributed by atoms with Gasteiger partial charge in [-0.1, -0.05) is 13.8 Å². The topological polar surface area (TPSA) is 66.0 Å². The van der Waals surface area contributed by atoms with Crippen LogP contribution < -0.4 is 0 Å². The van der Waals surface area contributed by atoms with E-state index < -0.39 is 5.97 Å². The summed E-state index contributed by atoms with van der Waals surface area (Å²) in [4.78, 5) is 17.7. The summed E-state index contributed by atoms with van der Waals surface area (Å²) in [6.07, 6.45) is 2.43. The summed E-state index contributed by atoms with van der Waals surface area (Å²) in [6.45, 7) is 5.98. The number of carboxylic acid groups (broad SMARTS) is 1. The first-order valence-corrected chi connectivity index (χ1v) is 4.66. The van der Waals surface area contributed by atoms with E-state index in [1.807, 2.05) is 20.8 Å². The Morgan fingerprint density at radius 3 is 2.71 bits per heavy atom. The van der Waals surface area contributed by atoms with Gasteiger partial charge in [0.15, 0.2) is 0 Å². The Morgan fingerprint density at radius 1 is 1.64 bits per heavy atom. The highest BCUT2D eigenvalue weighted by Crippen LogP contribution is 2.28. The molecule has 0 atom stereocenters. The summed E-state index contributed by atoms with van der Waals surface area (Å²) >= 11 is 0. The van der Waals surface area contributed by atoms with Crippen molar-refractivity contribution in [2.75, 3.05) is 0 Å². The minimum absolute atomic E-state index is 0.178. The van der Waals surface area contributed by atoms with Crippen molar-refractivity contribution in [3.8, 4) is 0 Å². The van der Waals surface area contributed by atoms with E-state index in [-0.39, 0.29) is 11.8 Å². The van der Waals surface area contributed by atoms with Gasteiger partial charge in [-0.05, 0) is 13.3 Å². The Morgan fingerprint density at radius 2 is 2.29 bits per heavy atom. The number of nitrogens with zero attached hydrogens (tertiary/aromatic N) is 1. The van der Waals surface area contributed by atoms with Crippen molar-refractivity contribution in [3.63, 3.8) is 0 Å². The zero-order chi connectivity index (χ0) is 10.8. The average Bonchev–Trinajstić information content (AvgIpc) is 2.48. The second kappa shape index (κ2) is 3.82. The van der Waals surface area contributed by atoms with Crippen LogP contribution in [0.25, 0.3) is 0 Å². The maximum absolute atomic E-state index is 10.5. The summed E-state index contributed by atoms with van der Waals surface area (Å²) in [7, 11) is 0. The molecule has 1 aromatic rings. The van der Waals surface area contributed by atoms with Crippen LogP contribution in [0.4, 0.5) is 0 Å². The predicted molar refractivity (Wildman–Crippen MR) is 53.2 cm³/mol. The predicted octanol–water partition coefficient (Wildman–Crippen LogP) is 1.86. The lowest BCUT2D eigenvalue weighted by Crippen LogP contribution is -2.20. The molecular weight excluding hydrogens is 180 g/mol. The van der Waals surface area contributed by atoms with Gasteiger partial charge < -0.3 is 10.1 Å². The molecule has 2 N–H and O–H groups in total. The SMILES string of the molecule is Cc1[nH]cnc1C(C)(C)CCC(=O)O. The zero-order valence-corrected chi connectivity index (χ0v) is 8.79. The van der Waals surface area contributed by atoms with Crippen LogP contribution in [0.15, 0.2) is 6.33 Å². The van der Waals surface area contributed by atoms with Gasteiger partial charge in [-0.25, -0.2) is 4.98 Å². The molecule has 0 unspecified atom stereocenters. The Balaban J connectivity index is 2.75. The number of aromatic nitrogens is 2. The van der Waals surface area contributed by atoms with E-state index in [1.165, 1.54) is 0 Å². The normalized spacial score (nSPS) is 11.6. The van der Waals surface area contributed by atoms with Gasteiger partial charge in [-0.15, -0.1) is 0 Å². The van der Waals surface area contributed by atoms with Crippen LogP contribution in [-0.2, 0) is 10.2 Å². The Bertz CT molecular complexity index is 329. The van der Waals surface area contributed by atoms with Gasteiger partial charge >= 0.3 is 5.97 Å². The molecule has 1 heterocycles. The van der Waals surface area contributed by atoms with Crippen molar-refractivity contribution < 1.29 is 9.90 Å². The number of carboxylic acids is 1. The molecule has 14 heavy (non-hydrogen) atoms. The highest BCUT2D eigenvalue weighted by Gasteiger charge is 2.25. The fourth-order valence-corrected chi connectivity index (χ4v) is 1.58. The minimum Gasteiger partial charge on any atom is -0.481 e. The van der Waals surface area contributed by atoms with Gasteiger partial charge in [0.25, 0.3) is 0 Å². The van der Waals surface area contributed by atoms with Gasteiger partial charge in [0.1, 0.15) is 0 Å². The number of hydrogen-bond acceptors (Lipinski definition) is 2. The molecule has 0 aliphatic rings. The van der Waals surface area contributed by atoms with Gasteiger partial charge in [0, 0.05) is 17.5 Å². The number of hydrogen-bond donors (Lipinski definition) is 2. The van der Waals surface area contributed by atoms with Crippen LogP contribution in [-0.4, -0.2) is 21.0 Å². The third kappa shape index (κ3) is 2.34. The molecule has 0 aliphatic carbocycles. The summed E-state index contributed by atoms with van der Waals surface area (Å²) in [6, 6.07) is 0. The second-order valence-corrected chi connectivity index (χ2v) is 4.15. The van der Waals surface area contributed by atoms with Crippen LogP contribution in [0.1, 0.15) is 38.1 Å². The van der Waals surface area contributed by atoms with Crippen molar-refractivity contribution in [1.29, 1.82) is 0 Å². The molecule has 0 amide bonds. The van der Waals surface area contributed by atoms with Crippen LogP contribution in [0.2, 0.25) is 0 Å². The molecule has 0 aromatic carbocycles.